The van der Waals surface area contributed by atoms with Gasteiger partial charge in [0, 0.05) is 12.3 Å². The second kappa shape index (κ2) is 7.83. The summed E-state index contributed by atoms with van der Waals surface area (Å²) in [5.41, 5.74) is -0.679. The van der Waals surface area contributed by atoms with Gasteiger partial charge >= 0.3 is 6.18 Å². The molecule has 160 valence electrons. The number of aromatic nitrogens is 4. The van der Waals surface area contributed by atoms with E-state index < -0.39 is 17.8 Å². The molecule has 0 spiro atoms. The average Bonchev–Trinajstić information content (AvgIpc) is 3.36. The Hall–Kier alpha value is -3.74. The van der Waals surface area contributed by atoms with E-state index in [1.165, 1.54) is 26.5 Å². The third kappa shape index (κ3) is 3.86. The molecule has 4 aromatic heterocycles. The zero-order chi connectivity index (χ0) is 22.2. The SMILES string of the molecule is COc1ncnc(OC)c1C(=O)Nc1nc(C(F)(F)F)c(-c2cc3ncccc3o2)s1. The molecule has 0 aliphatic heterocycles. The largest absolute Gasteiger partial charge is 0.480 e. The van der Waals surface area contributed by atoms with Crippen molar-refractivity contribution in [1.82, 2.24) is 19.9 Å². The molecule has 1 amide bonds. The Labute approximate surface area is 175 Å². The summed E-state index contributed by atoms with van der Waals surface area (Å²) in [6.07, 6.45) is -2.17. The van der Waals surface area contributed by atoms with Crippen LogP contribution in [0.4, 0.5) is 18.3 Å². The summed E-state index contributed by atoms with van der Waals surface area (Å²) in [6.45, 7) is 0. The minimum absolute atomic E-state index is 0.0720. The van der Waals surface area contributed by atoms with E-state index >= 15 is 0 Å². The van der Waals surface area contributed by atoms with Crippen molar-refractivity contribution in [2.45, 2.75) is 6.18 Å². The van der Waals surface area contributed by atoms with Gasteiger partial charge in [-0.1, -0.05) is 11.3 Å². The molecule has 13 heteroatoms. The second-order valence-corrected chi connectivity index (χ2v) is 6.91. The van der Waals surface area contributed by atoms with Gasteiger partial charge in [0.2, 0.25) is 11.8 Å². The van der Waals surface area contributed by atoms with Crippen LogP contribution in [-0.4, -0.2) is 40.1 Å². The van der Waals surface area contributed by atoms with Crippen LogP contribution in [0.2, 0.25) is 0 Å². The summed E-state index contributed by atoms with van der Waals surface area (Å²) in [7, 11) is 2.55. The number of hydrogen-bond donors (Lipinski definition) is 1. The lowest BCUT2D eigenvalue weighted by molar-refractivity contribution is -0.140. The minimum atomic E-state index is -4.79. The van der Waals surface area contributed by atoms with Crippen LogP contribution in [0.3, 0.4) is 0 Å². The molecule has 4 aromatic rings. The highest BCUT2D eigenvalue weighted by molar-refractivity contribution is 7.19. The first-order valence-electron chi connectivity index (χ1n) is 8.49. The van der Waals surface area contributed by atoms with E-state index in [-0.39, 0.29) is 33.1 Å². The zero-order valence-electron chi connectivity index (χ0n) is 15.9. The molecule has 0 saturated heterocycles. The molecular weight excluding hydrogens is 439 g/mol. The van der Waals surface area contributed by atoms with Gasteiger partial charge in [-0.15, -0.1) is 0 Å². The summed E-state index contributed by atoms with van der Waals surface area (Å²) in [5, 5.41) is 2.00. The highest BCUT2D eigenvalue weighted by Gasteiger charge is 2.39. The van der Waals surface area contributed by atoms with E-state index in [4.69, 9.17) is 13.9 Å². The molecule has 0 saturated carbocycles. The van der Waals surface area contributed by atoms with Crippen LogP contribution in [0.15, 0.2) is 35.1 Å². The molecule has 9 nitrogen and oxygen atoms in total. The van der Waals surface area contributed by atoms with E-state index in [9.17, 15) is 18.0 Å². The summed E-state index contributed by atoms with van der Waals surface area (Å²) in [4.78, 5) is 27.7. The zero-order valence-corrected chi connectivity index (χ0v) is 16.7. The van der Waals surface area contributed by atoms with E-state index in [0.717, 1.165) is 6.33 Å². The Bertz CT molecular complexity index is 1220. The Balaban J connectivity index is 1.75. The first kappa shape index (κ1) is 20.5. The number of halogens is 3. The maximum Gasteiger partial charge on any atom is 0.435 e. The van der Waals surface area contributed by atoms with Gasteiger partial charge in [0.05, 0.1) is 14.2 Å². The van der Waals surface area contributed by atoms with Crippen molar-refractivity contribution < 1.29 is 31.9 Å². The van der Waals surface area contributed by atoms with Gasteiger partial charge in [-0.25, -0.2) is 15.0 Å². The van der Waals surface area contributed by atoms with Gasteiger partial charge in [0.1, 0.15) is 22.5 Å². The molecule has 0 bridgehead atoms. The molecule has 0 fully saturated rings. The van der Waals surface area contributed by atoms with Crippen molar-refractivity contribution in [2.24, 2.45) is 0 Å². The fourth-order valence-corrected chi connectivity index (χ4v) is 3.67. The molecular formula is C18H12F3N5O4S. The lowest BCUT2D eigenvalue weighted by Crippen LogP contribution is -2.16. The van der Waals surface area contributed by atoms with E-state index in [1.807, 2.05) is 0 Å². The van der Waals surface area contributed by atoms with Crippen LogP contribution in [-0.2, 0) is 6.18 Å². The van der Waals surface area contributed by atoms with Gasteiger partial charge in [0.15, 0.2) is 22.0 Å². The molecule has 1 N–H and O–H groups in total. The molecule has 31 heavy (non-hydrogen) atoms. The number of nitrogens with zero attached hydrogens (tertiary/aromatic N) is 4. The first-order valence-corrected chi connectivity index (χ1v) is 9.30. The molecule has 4 heterocycles. The predicted octanol–water partition coefficient (Wildman–Crippen LogP) is 4.03. The summed E-state index contributed by atoms with van der Waals surface area (Å²) < 4.78 is 56.4. The van der Waals surface area contributed by atoms with Crippen LogP contribution in [0.1, 0.15) is 16.1 Å². The normalized spacial score (nSPS) is 11.5. The van der Waals surface area contributed by atoms with E-state index in [2.05, 4.69) is 25.3 Å². The number of alkyl halides is 3. The van der Waals surface area contributed by atoms with Crippen LogP contribution in [0.25, 0.3) is 21.7 Å². The van der Waals surface area contributed by atoms with Crippen LogP contribution >= 0.6 is 11.3 Å². The van der Waals surface area contributed by atoms with Crippen molar-refractivity contribution in [3.05, 3.63) is 42.0 Å². The third-order valence-corrected chi connectivity index (χ3v) is 5.00. The highest BCUT2D eigenvalue weighted by atomic mass is 32.1. The molecule has 0 radical (unpaired) electrons. The maximum atomic E-state index is 13.6. The summed E-state index contributed by atoms with van der Waals surface area (Å²) in [6, 6.07) is 4.55. The monoisotopic (exact) mass is 451 g/mol. The fourth-order valence-electron chi connectivity index (χ4n) is 2.73. The Morgan fingerprint density at radius 3 is 2.48 bits per heavy atom. The summed E-state index contributed by atoms with van der Waals surface area (Å²) in [5.74, 6) is -1.15. The Kier molecular flexibility index (Phi) is 5.19. The minimum Gasteiger partial charge on any atom is -0.480 e. The molecule has 0 aliphatic carbocycles. The van der Waals surface area contributed by atoms with Gasteiger partial charge in [-0.05, 0) is 12.1 Å². The smallest absolute Gasteiger partial charge is 0.435 e. The molecule has 0 aliphatic rings. The van der Waals surface area contributed by atoms with Crippen molar-refractivity contribution in [3.63, 3.8) is 0 Å². The summed E-state index contributed by atoms with van der Waals surface area (Å²) >= 11 is 0.598. The number of carbonyl (C=O) groups is 1. The maximum absolute atomic E-state index is 13.6. The number of furan rings is 1. The van der Waals surface area contributed by atoms with Crippen molar-refractivity contribution in [1.29, 1.82) is 0 Å². The van der Waals surface area contributed by atoms with Crippen molar-refractivity contribution >= 4 is 33.5 Å². The van der Waals surface area contributed by atoms with E-state index in [1.54, 1.807) is 12.1 Å². The number of carbonyl (C=O) groups excluding carboxylic acids is 1. The van der Waals surface area contributed by atoms with Crippen LogP contribution in [0.5, 0.6) is 11.8 Å². The topological polar surface area (TPSA) is 112 Å². The van der Waals surface area contributed by atoms with Gasteiger partial charge in [-0.2, -0.15) is 13.2 Å². The van der Waals surface area contributed by atoms with Crippen LogP contribution < -0.4 is 14.8 Å². The lowest BCUT2D eigenvalue weighted by Gasteiger charge is -2.09. The Morgan fingerprint density at radius 1 is 1.16 bits per heavy atom. The molecule has 0 aromatic carbocycles. The number of nitrogens with one attached hydrogen (secondary N) is 1. The van der Waals surface area contributed by atoms with Gasteiger partial charge in [0.25, 0.3) is 5.91 Å². The second-order valence-electron chi connectivity index (χ2n) is 5.91. The number of methoxy groups -OCH3 is 2. The third-order valence-electron chi connectivity index (χ3n) is 4.02. The standard InChI is InChI=1S/C18H12F3N5O4S/c1-28-15-11(16(29-2)24-7-23-15)14(27)26-17-25-13(18(19,20)21)12(31-17)10-6-8-9(30-10)4-3-5-22-8/h3-7H,1-2H3,(H,25,26,27). The number of rotatable bonds is 5. The number of thiazole rings is 1. The number of ether oxygens (including phenoxy) is 2. The Morgan fingerprint density at radius 2 is 1.87 bits per heavy atom. The van der Waals surface area contributed by atoms with Gasteiger partial charge in [-0.3, -0.25) is 15.1 Å². The predicted molar refractivity (Wildman–Crippen MR) is 103 cm³/mol. The number of fused-ring (bicyclic) bond motifs is 1. The number of amides is 1. The molecule has 0 unspecified atom stereocenters. The number of pyridine rings is 1. The van der Waals surface area contributed by atoms with Crippen molar-refractivity contribution in [2.75, 3.05) is 19.5 Å². The van der Waals surface area contributed by atoms with E-state index in [0.29, 0.717) is 22.4 Å². The fraction of sp³-hybridized carbons (Fsp3) is 0.167. The lowest BCUT2D eigenvalue weighted by atomic mass is 10.3. The quantitative estimate of drug-likeness (QED) is 0.484. The van der Waals surface area contributed by atoms with Gasteiger partial charge < -0.3 is 13.9 Å². The average molecular weight is 451 g/mol. The molecule has 0 atom stereocenters. The highest BCUT2D eigenvalue weighted by Crippen LogP contribution is 2.43. The number of anilines is 1. The molecule has 4 rings (SSSR count). The first-order chi connectivity index (χ1) is 14.8. The van der Waals surface area contributed by atoms with Crippen LogP contribution in [0, 0.1) is 0 Å². The van der Waals surface area contributed by atoms with Crippen molar-refractivity contribution in [3.8, 4) is 22.4 Å². The number of hydrogen-bond acceptors (Lipinski definition) is 9.